The quantitative estimate of drug-likeness (QED) is 0.644. The Morgan fingerprint density at radius 2 is 1.17 bits per heavy atom. The van der Waals surface area contributed by atoms with Crippen LogP contribution < -0.4 is 0 Å². The van der Waals surface area contributed by atoms with Crippen LogP contribution in [0.3, 0.4) is 0 Å². The topological polar surface area (TPSA) is 0 Å². The largest absolute Gasteiger partial charge is 0.0761 e. The molecule has 0 fully saturated rings. The van der Waals surface area contributed by atoms with Gasteiger partial charge in [-0.2, -0.15) is 0 Å². The molecule has 1 radical (unpaired) electrons. The Labute approximate surface area is 161 Å². The van der Waals surface area contributed by atoms with Crippen LogP contribution in [0, 0.1) is 19.8 Å². The Morgan fingerprint density at radius 3 is 1.61 bits per heavy atom. The van der Waals surface area contributed by atoms with E-state index in [1.165, 1.54) is 33.4 Å². The van der Waals surface area contributed by atoms with E-state index in [0.29, 0.717) is 17.8 Å². The van der Waals surface area contributed by atoms with Crippen molar-refractivity contribution in [3.05, 3.63) is 81.9 Å². The van der Waals surface area contributed by atoms with Gasteiger partial charge in [0, 0.05) is 41.4 Å². The summed E-state index contributed by atoms with van der Waals surface area (Å²) in [6.45, 7) is 6.74. The normalized spacial score (nSPS) is 21.7. The van der Waals surface area contributed by atoms with Crippen LogP contribution in [0.4, 0.5) is 0 Å². The standard InChI is InChI=1S/C22H22.Na/c1-14-4-8-21-17(12-14)6-10-19(21)16(3)20-11-7-18-13-15(2)5-9-22(18)20;/h4-13,16,19-20H,1-3H3;. The van der Waals surface area contributed by atoms with Gasteiger partial charge in [-0.15, -0.1) is 0 Å². The van der Waals surface area contributed by atoms with Crippen molar-refractivity contribution < 1.29 is 0 Å². The van der Waals surface area contributed by atoms with Gasteiger partial charge in [-0.25, -0.2) is 0 Å². The van der Waals surface area contributed by atoms with Crippen LogP contribution in [0.2, 0.25) is 0 Å². The van der Waals surface area contributed by atoms with Gasteiger partial charge in [0.15, 0.2) is 0 Å². The van der Waals surface area contributed by atoms with Gasteiger partial charge in [0.1, 0.15) is 0 Å². The van der Waals surface area contributed by atoms with E-state index in [-0.39, 0.29) is 29.6 Å². The number of benzene rings is 2. The Bertz CT molecular complexity index is 730. The van der Waals surface area contributed by atoms with Crippen molar-refractivity contribution in [3.63, 3.8) is 0 Å². The van der Waals surface area contributed by atoms with Gasteiger partial charge in [0.05, 0.1) is 0 Å². The number of hydrogen-bond donors (Lipinski definition) is 0. The number of hydrogen-bond acceptors (Lipinski definition) is 0. The molecule has 111 valence electrons. The number of allylic oxidation sites excluding steroid dienone is 2. The van der Waals surface area contributed by atoms with Crippen LogP contribution in [0.1, 0.15) is 52.1 Å². The smallest absolute Gasteiger partial charge is 0.00617 e. The first-order chi connectivity index (χ1) is 10.6. The molecule has 0 saturated carbocycles. The summed E-state index contributed by atoms with van der Waals surface area (Å²) in [5.41, 5.74) is 8.49. The van der Waals surface area contributed by atoms with E-state index in [2.05, 4.69) is 81.5 Å². The minimum absolute atomic E-state index is 0. The first-order valence-corrected chi connectivity index (χ1v) is 8.21. The third kappa shape index (κ3) is 2.89. The van der Waals surface area contributed by atoms with E-state index in [9.17, 15) is 0 Å². The molecule has 2 unspecified atom stereocenters. The number of aryl methyl sites for hydroxylation is 2. The third-order valence-corrected chi connectivity index (χ3v) is 5.30. The van der Waals surface area contributed by atoms with Gasteiger partial charge < -0.3 is 0 Å². The van der Waals surface area contributed by atoms with Crippen molar-refractivity contribution >= 4 is 41.7 Å². The fourth-order valence-corrected chi connectivity index (χ4v) is 4.05. The molecule has 2 aliphatic carbocycles. The monoisotopic (exact) mass is 309 g/mol. The number of fused-ring (bicyclic) bond motifs is 2. The minimum atomic E-state index is 0. The molecule has 2 aromatic rings. The molecule has 0 aliphatic heterocycles. The SMILES string of the molecule is Cc1ccc2c(c1)C=CC2C(C)C1C=Cc2cc(C)ccc21.[Na]. The van der Waals surface area contributed by atoms with Crippen LogP contribution >= 0.6 is 0 Å². The summed E-state index contributed by atoms with van der Waals surface area (Å²) in [5, 5.41) is 0. The van der Waals surface area contributed by atoms with E-state index >= 15 is 0 Å². The van der Waals surface area contributed by atoms with Crippen molar-refractivity contribution in [2.45, 2.75) is 32.6 Å². The zero-order chi connectivity index (χ0) is 15.3. The third-order valence-electron chi connectivity index (χ3n) is 5.30. The fraction of sp³-hybridized carbons (Fsp3) is 0.273. The van der Waals surface area contributed by atoms with Gasteiger partial charge in [-0.3, -0.25) is 0 Å². The average molecular weight is 309 g/mol. The zero-order valence-electron chi connectivity index (χ0n) is 14.5. The predicted molar refractivity (Wildman–Crippen MR) is 101 cm³/mol. The molecule has 0 N–H and O–H groups in total. The van der Waals surface area contributed by atoms with E-state index < -0.39 is 0 Å². The van der Waals surface area contributed by atoms with Crippen molar-refractivity contribution in [2.24, 2.45) is 5.92 Å². The Morgan fingerprint density at radius 1 is 0.739 bits per heavy atom. The second kappa shape index (κ2) is 6.43. The molecular weight excluding hydrogens is 287 g/mol. The van der Waals surface area contributed by atoms with Gasteiger partial charge in [-0.1, -0.05) is 78.8 Å². The second-order valence-corrected chi connectivity index (χ2v) is 6.89. The molecule has 0 aromatic heterocycles. The van der Waals surface area contributed by atoms with Crippen molar-refractivity contribution in [1.29, 1.82) is 0 Å². The molecule has 4 rings (SSSR count). The van der Waals surface area contributed by atoms with Crippen LogP contribution in [0.25, 0.3) is 12.2 Å². The van der Waals surface area contributed by atoms with E-state index in [4.69, 9.17) is 0 Å². The van der Waals surface area contributed by atoms with Gasteiger partial charge in [0.25, 0.3) is 0 Å². The number of rotatable bonds is 2. The molecule has 0 saturated heterocycles. The molecule has 0 bridgehead atoms. The predicted octanol–water partition coefficient (Wildman–Crippen LogP) is 5.48. The Balaban J connectivity index is 0.00000156. The molecule has 1 heteroatoms. The molecule has 0 heterocycles. The van der Waals surface area contributed by atoms with Gasteiger partial charge in [0.2, 0.25) is 0 Å². The van der Waals surface area contributed by atoms with Crippen molar-refractivity contribution in [3.8, 4) is 0 Å². The summed E-state index contributed by atoms with van der Waals surface area (Å²) in [5.74, 6) is 1.63. The molecular formula is C22H22Na. The van der Waals surface area contributed by atoms with E-state index in [0.717, 1.165) is 0 Å². The molecule has 2 aromatic carbocycles. The van der Waals surface area contributed by atoms with Crippen LogP contribution in [0.15, 0.2) is 48.6 Å². The van der Waals surface area contributed by atoms with Crippen molar-refractivity contribution in [1.82, 2.24) is 0 Å². The molecule has 23 heavy (non-hydrogen) atoms. The molecule has 0 nitrogen and oxygen atoms in total. The van der Waals surface area contributed by atoms with Crippen LogP contribution in [-0.4, -0.2) is 29.6 Å². The molecule has 0 spiro atoms. The zero-order valence-corrected chi connectivity index (χ0v) is 16.5. The van der Waals surface area contributed by atoms with Crippen LogP contribution in [-0.2, 0) is 0 Å². The van der Waals surface area contributed by atoms with E-state index in [1.54, 1.807) is 0 Å². The summed E-state index contributed by atoms with van der Waals surface area (Å²) in [7, 11) is 0. The summed E-state index contributed by atoms with van der Waals surface area (Å²) < 4.78 is 0. The fourth-order valence-electron chi connectivity index (χ4n) is 4.05. The van der Waals surface area contributed by atoms with Gasteiger partial charge >= 0.3 is 0 Å². The maximum absolute atomic E-state index is 2.40. The summed E-state index contributed by atoms with van der Waals surface area (Å²) in [6.07, 6.45) is 9.40. The maximum atomic E-state index is 2.40. The molecule has 2 aliphatic rings. The van der Waals surface area contributed by atoms with Crippen LogP contribution in [0.5, 0.6) is 0 Å². The van der Waals surface area contributed by atoms with E-state index in [1.807, 2.05) is 0 Å². The Hall–Kier alpha value is -1.08. The molecule has 2 atom stereocenters. The maximum Gasteiger partial charge on any atom is 0.00617 e. The average Bonchev–Trinajstić information content (AvgIpc) is 3.09. The second-order valence-electron chi connectivity index (χ2n) is 6.89. The first kappa shape index (κ1) is 16.8. The summed E-state index contributed by atoms with van der Waals surface area (Å²) >= 11 is 0. The van der Waals surface area contributed by atoms with Crippen molar-refractivity contribution in [2.75, 3.05) is 0 Å². The first-order valence-electron chi connectivity index (χ1n) is 8.21. The summed E-state index contributed by atoms with van der Waals surface area (Å²) in [6, 6.07) is 13.7. The summed E-state index contributed by atoms with van der Waals surface area (Å²) in [4.78, 5) is 0. The molecule has 0 amide bonds. The Kier molecular flexibility index (Phi) is 4.69. The van der Waals surface area contributed by atoms with Gasteiger partial charge in [-0.05, 0) is 42.0 Å². The minimum Gasteiger partial charge on any atom is -0.0761 e.